The van der Waals surface area contributed by atoms with Crippen LogP contribution < -0.4 is 0 Å². The van der Waals surface area contributed by atoms with Gasteiger partial charge in [0.2, 0.25) is 0 Å². The number of rotatable bonds is 2. The summed E-state index contributed by atoms with van der Waals surface area (Å²) in [5.41, 5.74) is 0.531. The minimum absolute atomic E-state index is 0.0373. The molecule has 2 aromatic rings. The molecule has 1 atom stereocenters. The third-order valence-electron chi connectivity index (χ3n) is 2.63. The normalized spacial score (nSPS) is 12.8. The Morgan fingerprint density at radius 1 is 1.12 bits per heavy atom. The van der Waals surface area contributed by atoms with Crippen molar-refractivity contribution in [2.45, 2.75) is 20.0 Å². The number of hydrogen-bond donors (Lipinski definition) is 1. The maximum absolute atomic E-state index is 13.5. The molecule has 0 saturated heterocycles. The molecule has 0 radical (unpaired) electrons. The average molecular weight is 238 g/mol. The summed E-state index contributed by atoms with van der Waals surface area (Å²) in [6.07, 6.45) is -1.15. The van der Waals surface area contributed by atoms with Crippen molar-refractivity contribution in [1.29, 1.82) is 0 Å². The number of furan rings is 1. The predicted molar refractivity (Wildman–Crippen MR) is 58.6 cm³/mol. The van der Waals surface area contributed by atoms with Crippen molar-refractivity contribution in [3.63, 3.8) is 0 Å². The van der Waals surface area contributed by atoms with Crippen LogP contribution in [0.1, 0.15) is 28.8 Å². The summed E-state index contributed by atoms with van der Waals surface area (Å²) < 4.78 is 31.5. The summed E-state index contributed by atoms with van der Waals surface area (Å²) in [6.45, 7) is 3.43. The lowest BCUT2D eigenvalue weighted by molar-refractivity contribution is 0.212. The molecule has 0 aliphatic carbocycles. The van der Waals surface area contributed by atoms with Gasteiger partial charge < -0.3 is 9.52 Å². The number of hydrogen-bond acceptors (Lipinski definition) is 2. The molecule has 0 amide bonds. The van der Waals surface area contributed by atoms with Crippen molar-refractivity contribution in [2.24, 2.45) is 0 Å². The topological polar surface area (TPSA) is 33.4 Å². The zero-order chi connectivity index (χ0) is 12.6. The van der Waals surface area contributed by atoms with Gasteiger partial charge in [-0.05, 0) is 26.0 Å². The third-order valence-corrected chi connectivity index (χ3v) is 2.63. The number of aliphatic hydroxyl groups is 1. The van der Waals surface area contributed by atoms with Crippen molar-refractivity contribution in [3.05, 3.63) is 58.5 Å². The second-order valence-corrected chi connectivity index (χ2v) is 3.94. The molecule has 0 aliphatic heterocycles. The van der Waals surface area contributed by atoms with Crippen LogP contribution in [0.3, 0.4) is 0 Å². The van der Waals surface area contributed by atoms with E-state index in [4.69, 9.17) is 4.42 Å². The highest BCUT2D eigenvalue weighted by molar-refractivity contribution is 5.33. The Morgan fingerprint density at radius 3 is 2.35 bits per heavy atom. The van der Waals surface area contributed by atoms with E-state index in [1.54, 1.807) is 19.9 Å². The molecule has 1 N–H and O–H groups in total. The lowest BCUT2D eigenvalue weighted by Gasteiger charge is -2.11. The van der Waals surface area contributed by atoms with Gasteiger partial charge in [0.1, 0.15) is 29.3 Å². The number of halogens is 2. The Balaban J connectivity index is 2.43. The zero-order valence-electron chi connectivity index (χ0n) is 9.50. The van der Waals surface area contributed by atoms with E-state index >= 15 is 0 Å². The van der Waals surface area contributed by atoms with Gasteiger partial charge in [-0.25, -0.2) is 8.78 Å². The summed E-state index contributed by atoms with van der Waals surface area (Å²) in [5.74, 6) is -0.271. The van der Waals surface area contributed by atoms with E-state index in [-0.39, 0.29) is 5.56 Å². The molecule has 0 spiro atoms. The summed E-state index contributed by atoms with van der Waals surface area (Å²) >= 11 is 0. The largest absolute Gasteiger partial charge is 0.466 e. The van der Waals surface area contributed by atoms with E-state index in [9.17, 15) is 13.9 Å². The van der Waals surface area contributed by atoms with Crippen LogP contribution in [-0.2, 0) is 0 Å². The molecule has 0 aliphatic rings. The first kappa shape index (κ1) is 11.8. The van der Waals surface area contributed by atoms with Crippen LogP contribution in [0.5, 0.6) is 0 Å². The Bertz CT molecular complexity index is 546. The zero-order valence-corrected chi connectivity index (χ0v) is 9.50. The fraction of sp³-hybridized carbons (Fsp3) is 0.231. The van der Waals surface area contributed by atoms with Gasteiger partial charge in [-0.1, -0.05) is 6.07 Å². The fourth-order valence-electron chi connectivity index (χ4n) is 1.81. The summed E-state index contributed by atoms with van der Waals surface area (Å²) in [7, 11) is 0. The molecule has 2 nitrogen and oxygen atoms in total. The van der Waals surface area contributed by atoms with Crippen LogP contribution in [0, 0.1) is 25.5 Å². The van der Waals surface area contributed by atoms with E-state index in [2.05, 4.69) is 0 Å². The smallest absolute Gasteiger partial charge is 0.132 e. The van der Waals surface area contributed by atoms with E-state index in [1.807, 2.05) is 0 Å². The van der Waals surface area contributed by atoms with Crippen LogP contribution in [0.4, 0.5) is 8.78 Å². The fourth-order valence-corrected chi connectivity index (χ4v) is 1.81. The first-order chi connectivity index (χ1) is 7.99. The Kier molecular flexibility index (Phi) is 2.98. The minimum Gasteiger partial charge on any atom is -0.466 e. The summed E-state index contributed by atoms with van der Waals surface area (Å²) in [4.78, 5) is 0. The van der Waals surface area contributed by atoms with E-state index < -0.39 is 17.7 Å². The van der Waals surface area contributed by atoms with Gasteiger partial charge in [0.15, 0.2) is 0 Å². The molecule has 0 bridgehead atoms. The SMILES string of the molecule is Cc1cc(C(O)c2ccc(F)cc2F)c(C)o1. The average Bonchev–Trinajstić information content (AvgIpc) is 2.57. The second kappa shape index (κ2) is 4.30. The van der Waals surface area contributed by atoms with Crippen LogP contribution in [0.2, 0.25) is 0 Å². The molecule has 0 fully saturated rings. The summed E-state index contributed by atoms with van der Waals surface area (Å²) in [6, 6.07) is 4.74. The molecular formula is C13H12F2O2. The van der Waals surface area contributed by atoms with Gasteiger partial charge in [0.25, 0.3) is 0 Å². The van der Waals surface area contributed by atoms with Crippen molar-refractivity contribution < 1.29 is 18.3 Å². The van der Waals surface area contributed by atoms with Gasteiger partial charge in [-0.2, -0.15) is 0 Å². The van der Waals surface area contributed by atoms with E-state index in [1.165, 1.54) is 6.07 Å². The molecule has 1 heterocycles. The van der Waals surface area contributed by atoms with Crippen LogP contribution in [0.25, 0.3) is 0 Å². The van der Waals surface area contributed by atoms with E-state index in [0.717, 1.165) is 12.1 Å². The first-order valence-electron chi connectivity index (χ1n) is 5.19. The molecule has 90 valence electrons. The number of aryl methyl sites for hydroxylation is 2. The van der Waals surface area contributed by atoms with Gasteiger partial charge in [0.05, 0.1) is 0 Å². The molecule has 4 heteroatoms. The standard InChI is InChI=1S/C13H12F2O2/c1-7-5-11(8(2)17-7)13(16)10-4-3-9(14)6-12(10)15/h3-6,13,16H,1-2H3. The van der Waals surface area contributed by atoms with Crippen LogP contribution >= 0.6 is 0 Å². The second-order valence-electron chi connectivity index (χ2n) is 3.94. The summed E-state index contributed by atoms with van der Waals surface area (Å²) in [5, 5.41) is 10.0. The molecule has 1 unspecified atom stereocenters. The number of aliphatic hydroxyl groups excluding tert-OH is 1. The quantitative estimate of drug-likeness (QED) is 0.871. The maximum atomic E-state index is 13.5. The molecule has 2 rings (SSSR count). The monoisotopic (exact) mass is 238 g/mol. The van der Waals surface area contributed by atoms with Gasteiger partial charge in [-0.3, -0.25) is 0 Å². The van der Waals surface area contributed by atoms with Gasteiger partial charge in [-0.15, -0.1) is 0 Å². The highest BCUT2D eigenvalue weighted by atomic mass is 19.1. The highest BCUT2D eigenvalue weighted by Gasteiger charge is 2.19. The predicted octanol–water partition coefficient (Wildman–Crippen LogP) is 3.26. The molecule has 1 aromatic heterocycles. The third kappa shape index (κ3) is 2.22. The van der Waals surface area contributed by atoms with Crippen LogP contribution in [-0.4, -0.2) is 5.11 Å². The Hall–Kier alpha value is -1.68. The van der Waals surface area contributed by atoms with E-state index in [0.29, 0.717) is 17.1 Å². The molecule has 0 saturated carbocycles. The lowest BCUT2D eigenvalue weighted by Crippen LogP contribution is -2.03. The lowest BCUT2D eigenvalue weighted by atomic mass is 10.0. The maximum Gasteiger partial charge on any atom is 0.132 e. The van der Waals surface area contributed by atoms with Gasteiger partial charge >= 0.3 is 0 Å². The Morgan fingerprint density at radius 2 is 1.82 bits per heavy atom. The van der Waals surface area contributed by atoms with Crippen LogP contribution in [0.15, 0.2) is 28.7 Å². The molecular weight excluding hydrogens is 226 g/mol. The first-order valence-corrected chi connectivity index (χ1v) is 5.19. The van der Waals surface area contributed by atoms with Crippen molar-refractivity contribution >= 4 is 0 Å². The molecule has 17 heavy (non-hydrogen) atoms. The van der Waals surface area contributed by atoms with Crippen molar-refractivity contribution in [2.75, 3.05) is 0 Å². The minimum atomic E-state index is -1.15. The Labute approximate surface area is 97.5 Å². The van der Waals surface area contributed by atoms with Crippen molar-refractivity contribution in [3.8, 4) is 0 Å². The number of benzene rings is 1. The highest BCUT2D eigenvalue weighted by Crippen LogP contribution is 2.28. The van der Waals surface area contributed by atoms with Gasteiger partial charge in [0, 0.05) is 17.2 Å². The van der Waals surface area contributed by atoms with Crippen molar-refractivity contribution in [1.82, 2.24) is 0 Å². The molecule has 1 aromatic carbocycles.